The van der Waals surface area contributed by atoms with E-state index in [0.717, 1.165) is 22.7 Å². The van der Waals surface area contributed by atoms with Crippen molar-refractivity contribution >= 4 is 17.3 Å². The van der Waals surface area contributed by atoms with Crippen LogP contribution in [0.3, 0.4) is 0 Å². The summed E-state index contributed by atoms with van der Waals surface area (Å²) < 4.78 is 5.24. The van der Waals surface area contributed by atoms with Gasteiger partial charge in [0.1, 0.15) is 10.6 Å². The fraction of sp³-hybridized carbons (Fsp3) is 0.375. The molecule has 21 heavy (non-hydrogen) atoms. The molecule has 2 rings (SSSR count). The molecule has 1 aromatic heterocycles. The van der Waals surface area contributed by atoms with Gasteiger partial charge in [0.15, 0.2) is 0 Å². The van der Waals surface area contributed by atoms with E-state index in [0.29, 0.717) is 10.6 Å². The van der Waals surface area contributed by atoms with Crippen molar-refractivity contribution in [2.45, 2.75) is 32.6 Å². The van der Waals surface area contributed by atoms with E-state index in [1.807, 2.05) is 24.3 Å². The number of methoxy groups -OCH3 is 1. The van der Waals surface area contributed by atoms with Crippen LogP contribution in [0.5, 0.6) is 5.75 Å². The van der Waals surface area contributed by atoms with Crippen LogP contribution < -0.4 is 4.74 Å². The molecule has 0 unspecified atom stereocenters. The number of hydrogen-bond donors (Lipinski definition) is 1. The van der Waals surface area contributed by atoms with Crippen LogP contribution >= 0.6 is 11.3 Å². The Morgan fingerprint density at radius 3 is 2.71 bits per heavy atom. The normalized spacial score (nSPS) is 11.4. The van der Waals surface area contributed by atoms with Crippen molar-refractivity contribution in [1.82, 2.24) is 4.98 Å². The molecule has 0 saturated heterocycles. The molecule has 0 fully saturated rings. The number of aryl methyl sites for hydroxylation is 1. The van der Waals surface area contributed by atoms with E-state index in [9.17, 15) is 4.79 Å². The Morgan fingerprint density at radius 2 is 2.14 bits per heavy atom. The van der Waals surface area contributed by atoms with Crippen molar-refractivity contribution in [1.29, 1.82) is 0 Å². The molecule has 0 bridgehead atoms. The van der Waals surface area contributed by atoms with E-state index in [2.05, 4.69) is 18.8 Å². The van der Waals surface area contributed by atoms with Crippen LogP contribution in [0.1, 0.15) is 39.8 Å². The lowest BCUT2D eigenvalue weighted by molar-refractivity contribution is 0.0701. The predicted octanol–water partition coefficient (Wildman–Crippen LogP) is 3.68. The maximum atomic E-state index is 11.2. The lowest BCUT2D eigenvalue weighted by Gasteiger charge is -2.22. The molecule has 112 valence electrons. The Bertz CT molecular complexity index is 661. The number of aromatic carboxylic acids is 1. The number of aromatic nitrogens is 1. The van der Waals surface area contributed by atoms with E-state index in [4.69, 9.17) is 9.84 Å². The van der Waals surface area contributed by atoms with Gasteiger partial charge in [0.25, 0.3) is 0 Å². The number of thiazole rings is 1. The van der Waals surface area contributed by atoms with E-state index in [1.165, 1.54) is 11.3 Å². The summed E-state index contributed by atoms with van der Waals surface area (Å²) in [5.41, 5.74) is 1.50. The van der Waals surface area contributed by atoms with Crippen molar-refractivity contribution < 1.29 is 14.6 Å². The first-order valence-corrected chi connectivity index (χ1v) is 7.49. The number of nitrogens with zero attached hydrogens (tertiary/aromatic N) is 1. The molecule has 1 aromatic carbocycles. The summed E-state index contributed by atoms with van der Waals surface area (Å²) >= 11 is 1.26. The van der Waals surface area contributed by atoms with Gasteiger partial charge in [-0.2, -0.15) is 0 Å². The van der Waals surface area contributed by atoms with Gasteiger partial charge in [0.2, 0.25) is 0 Å². The number of rotatable bonds is 5. The fourth-order valence-corrected chi connectivity index (χ4v) is 3.26. The van der Waals surface area contributed by atoms with Gasteiger partial charge in [0, 0.05) is 5.41 Å². The monoisotopic (exact) mass is 305 g/mol. The molecule has 0 amide bonds. The van der Waals surface area contributed by atoms with E-state index < -0.39 is 5.97 Å². The molecular weight excluding hydrogens is 286 g/mol. The minimum atomic E-state index is -0.909. The molecule has 1 heterocycles. The minimum absolute atomic E-state index is 0.227. The Hall–Kier alpha value is -1.88. The van der Waals surface area contributed by atoms with Crippen LogP contribution in [-0.2, 0) is 11.8 Å². The number of carboxylic acids is 1. The number of benzene rings is 1. The SMILES string of the molecule is COc1cccc(CC(C)(C)c2nc(C)c(C(=O)O)s2)c1. The van der Waals surface area contributed by atoms with Gasteiger partial charge in [-0.1, -0.05) is 26.0 Å². The highest BCUT2D eigenvalue weighted by atomic mass is 32.1. The largest absolute Gasteiger partial charge is 0.497 e. The van der Waals surface area contributed by atoms with Gasteiger partial charge in [-0.05, 0) is 31.0 Å². The molecular formula is C16H19NO3S. The van der Waals surface area contributed by atoms with Crippen LogP contribution in [0.4, 0.5) is 0 Å². The van der Waals surface area contributed by atoms with Gasteiger partial charge >= 0.3 is 5.97 Å². The molecule has 0 aliphatic heterocycles. The number of ether oxygens (including phenoxy) is 1. The van der Waals surface area contributed by atoms with Crippen molar-refractivity contribution in [3.63, 3.8) is 0 Å². The van der Waals surface area contributed by atoms with Crippen LogP contribution in [0.25, 0.3) is 0 Å². The highest BCUT2D eigenvalue weighted by Crippen LogP contribution is 2.33. The quantitative estimate of drug-likeness (QED) is 0.915. The van der Waals surface area contributed by atoms with Gasteiger partial charge in [-0.15, -0.1) is 11.3 Å². The van der Waals surface area contributed by atoms with Gasteiger partial charge < -0.3 is 9.84 Å². The standard InChI is InChI=1S/C16H19NO3S/c1-10-13(14(18)19)21-15(17-10)16(2,3)9-11-6-5-7-12(8-11)20-4/h5-8H,9H2,1-4H3,(H,18,19). The first-order chi connectivity index (χ1) is 9.83. The van der Waals surface area contributed by atoms with E-state index in [-0.39, 0.29) is 5.41 Å². The van der Waals surface area contributed by atoms with Crippen LogP contribution in [-0.4, -0.2) is 23.2 Å². The highest BCUT2D eigenvalue weighted by Gasteiger charge is 2.27. The summed E-state index contributed by atoms with van der Waals surface area (Å²) in [5.74, 6) is -0.0849. The maximum absolute atomic E-state index is 11.2. The zero-order valence-corrected chi connectivity index (χ0v) is 13.5. The smallest absolute Gasteiger partial charge is 0.347 e. The summed E-state index contributed by atoms with van der Waals surface area (Å²) in [4.78, 5) is 15.9. The van der Waals surface area contributed by atoms with Gasteiger partial charge in [-0.3, -0.25) is 0 Å². The first-order valence-electron chi connectivity index (χ1n) is 6.67. The van der Waals surface area contributed by atoms with E-state index in [1.54, 1.807) is 14.0 Å². The summed E-state index contributed by atoms with van der Waals surface area (Å²) in [5, 5.41) is 10.0. The van der Waals surface area contributed by atoms with Crippen LogP contribution in [0.15, 0.2) is 24.3 Å². The average Bonchev–Trinajstić information content (AvgIpc) is 2.81. The Balaban J connectivity index is 2.28. The van der Waals surface area contributed by atoms with Gasteiger partial charge in [0.05, 0.1) is 17.8 Å². The molecule has 0 aliphatic rings. The second kappa shape index (κ2) is 5.85. The average molecular weight is 305 g/mol. The van der Waals surface area contributed by atoms with Crippen LogP contribution in [0.2, 0.25) is 0 Å². The fourth-order valence-electron chi connectivity index (χ4n) is 2.25. The lowest BCUT2D eigenvalue weighted by Crippen LogP contribution is -2.20. The summed E-state index contributed by atoms with van der Waals surface area (Å²) in [6.45, 7) is 5.90. The molecule has 0 spiro atoms. The molecule has 0 atom stereocenters. The Labute approximate surface area is 128 Å². The topological polar surface area (TPSA) is 59.4 Å². The first kappa shape index (κ1) is 15.5. The number of carbonyl (C=O) groups is 1. The third-order valence-corrected chi connectivity index (χ3v) is 4.86. The highest BCUT2D eigenvalue weighted by molar-refractivity contribution is 7.13. The number of hydrogen-bond acceptors (Lipinski definition) is 4. The van der Waals surface area contributed by atoms with Crippen molar-refractivity contribution in [3.8, 4) is 5.75 Å². The minimum Gasteiger partial charge on any atom is -0.497 e. The Kier molecular flexibility index (Phi) is 4.32. The van der Waals surface area contributed by atoms with Crippen LogP contribution in [0, 0.1) is 6.92 Å². The van der Waals surface area contributed by atoms with Crippen molar-refractivity contribution in [2.24, 2.45) is 0 Å². The van der Waals surface area contributed by atoms with Crippen molar-refractivity contribution in [2.75, 3.05) is 7.11 Å². The molecule has 0 saturated carbocycles. The zero-order chi connectivity index (χ0) is 15.6. The molecule has 0 radical (unpaired) electrons. The molecule has 0 aliphatic carbocycles. The van der Waals surface area contributed by atoms with Crippen molar-refractivity contribution in [3.05, 3.63) is 45.4 Å². The van der Waals surface area contributed by atoms with E-state index >= 15 is 0 Å². The van der Waals surface area contributed by atoms with Gasteiger partial charge in [-0.25, -0.2) is 9.78 Å². The molecule has 5 heteroatoms. The second-order valence-electron chi connectivity index (χ2n) is 5.65. The summed E-state index contributed by atoms with van der Waals surface area (Å²) in [6, 6.07) is 7.91. The summed E-state index contributed by atoms with van der Waals surface area (Å²) in [7, 11) is 1.65. The number of carboxylic acid groups (broad SMARTS) is 1. The Morgan fingerprint density at radius 1 is 1.43 bits per heavy atom. The molecule has 4 nitrogen and oxygen atoms in total. The molecule has 1 N–H and O–H groups in total. The predicted molar refractivity (Wildman–Crippen MR) is 83.5 cm³/mol. The maximum Gasteiger partial charge on any atom is 0.347 e. The zero-order valence-electron chi connectivity index (χ0n) is 12.6. The lowest BCUT2D eigenvalue weighted by atomic mass is 9.86. The third-order valence-electron chi connectivity index (χ3n) is 3.35. The third kappa shape index (κ3) is 3.42. The summed E-state index contributed by atoms with van der Waals surface area (Å²) in [6.07, 6.45) is 0.774. The molecule has 2 aromatic rings. The second-order valence-corrected chi connectivity index (χ2v) is 6.65.